The SMILES string of the molecule is Fc1cc(C2CCC(C3CCC3)CC2)cc(F)c1C(F)(F)Br. The molecule has 1 aromatic carbocycles. The van der Waals surface area contributed by atoms with Crippen LogP contribution in [0.15, 0.2) is 12.1 Å². The van der Waals surface area contributed by atoms with Crippen LogP contribution in [-0.4, -0.2) is 0 Å². The summed E-state index contributed by atoms with van der Waals surface area (Å²) < 4.78 is 54.1. The van der Waals surface area contributed by atoms with E-state index in [0.717, 1.165) is 49.7 Å². The van der Waals surface area contributed by atoms with Gasteiger partial charge in [0.15, 0.2) is 0 Å². The molecule has 5 heteroatoms. The van der Waals surface area contributed by atoms with Crippen LogP contribution in [-0.2, 0) is 4.83 Å². The molecule has 0 bridgehead atoms. The fourth-order valence-electron chi connectivity index (χ4n) is 3.93. The Morgan fingerprint density at radius 2 is 1.36 bits per heavy atom. The zero-order valence-corrected chi connectivity index (χ0v) is 13.8. The largest absolute Gasteiger partial charge is 0.332 e. The molecule has 0 atom stereocenters. The summed E-state index contributed by atoms with van der Waals surface area (Å²) in [6.07, 6.45) is 7.89. The fraction of sp³-hybridized carbons (Fsp3) is 0.647. The average Bonchev–Trinajstić information content (AvgIpc) is 2.35. The maximum atomic E-state index is 13.9. The van der Waals surface area contributed by atoms with Gasteiger partial charge in [-0.05, 0) is 77.1 Å². The minimum absolute atomic E-state index is 0.0818. The van der Waals surface area contributed by atoms with Gasteiger partial charge in [0, 0.05) is 0 Å². The van der Waals surface area contributed by atoms with Gasteiger partial charge in [0.05, 0.1) is 0 Å². The normalized spacial score (nSPS) is 26.8. The van der Waals surface area contributed by atoms with Crippen molar-refractivity contribution < 1.29 is 17.6 Å². The van der Waals surface area contributed by atoms with Crippen LogP contribution in [0.2, 0.25) is 0 Å². The van der Waals surface area contributed by atoms with Gasteiger partial charge in [-0.25, -0.2) is 8.78 Å². The summed E-state index contributed by atoms with van der Waals surface area (Å²) in [6.45, 7) is 0. The number of halogens is 5. The van der Waals surface area contributed by atoms with Gasteiger partial charge in [-0.15, -0.1) is 0 Å². The monoisotopic (exact) mass is 378 g/mol. The van der Waals surface area contributed by atoms with Gasteiger partial charge in [0.25, 0.3) is 0 Å². The second-order valence-electron chi connectivity index (χ2n) is 6.66. The van der Waals surface area contributed by atoms with Crippen molar-refractivity contribution >= 4 is 15.9 Å². The van der Waals surface area contributed by atoms with E-state index in [4.69, 9.17) is 0 Å². The van der Waals surface area contributed by atoms with Crippen LogP contribution < -0.4 is 0 Å². The van der Waals surface area contributed by atoms with E-state index in [1.54, 1.807) is 0 Å². The molecule has 0 spiro atoms. The van der Waals surface area contributed by atoms with Crippen molar-refractivity contribution in [2.75, 3.05) is 0 Å². The van der Waals surface area contributed by atoms with Gasteiger partial charge in [-0.2, -0.15) is 8.78 Å². The quantitative estimate of drug-likeness (QED) is 0.416. The van der Waals surface area contributed by atoms with Crippen molar-refractivity contribution in [3.8, 4) is 0 Å². The molecule has 0 heterocycles. The van der Waals surface area contributed by atoms with E-state index in [1.165, 1.54) is 19.3 Å². The average molecular weight is 379 g/mol. The van der Waals surface area contributed by atoms with Crippen LogP contribution in [0.5, 0.6) is 0 Å². The third-order valence-electron chi connectivity index (χ3n) is 5.41. The Morgan fingerprint density at radius 3 is 1.77 bits per heavy atom. The first-order valence-electron chi connectivity index (χ1n) is 7.92. The van der Waals surface area contributed by atoms with E-state index < -0.39 is 22.0 Å². The Bertz CT molecular complexity index is 517. The molecule has 0 aromatic heterocycles. The van der Waals surface area contributed by atoms with E-state index in [1.807, 2.05) is 15.9 Å². The van der Waals surface area contributed by atoms with Crippen molar-refractivity contribution in [2.45, 2.75) is 55.7 Å². The molecule has 0 nitrogen and oxygen atoms in total. The molecule has 22 heavy (non-hydrogen) atoms. The Kier molecular flexibility index (Phi) is 4.54. The molecule has 2 saturated carbocycles. The molecule has 0 radical (unpaired) electrons. The summed E-state index contributed by atoms with van der Waals surface area (Å²) in [5.74, 6) is -0.677. The Balaban J connectivity index is 1.73. The van der Waals surface area contributed by atoms with Crippen molar-refractivity contribution in [1.82, 2.24) is 0 Å². The van der Waals surface area contributed by atoms with Crippen molar-refractivity contribution in [1.29, 1.82) is 0 Å². The molecule has 122 valence electrons. The van der Waals surface area contributed by atoms with E-state index in [2.05, 4.69) is 0 Å². The van der Waals surface area contributed by atoms with Gasteiger partial charge in [-0.1, -0.05) is 19.3 Å². The molecule has 0 N–H and O–H groups in total. The van der Waals surface area contributed by atoms with Crippen molar-refractivity contribution in [3.05, 3.63) is 34.9 Å². The maximum absolute atomic E-state index is 13.9. The summed E-state index contributed by atoms with van der Waals surface area (Å²) in [4.78, 5) is -3.68. The first-order valence-corrected chi connectivity index (χ1v) is 8.71. The molecule has 0 aliphatic heterocycles. The van der Waals surface area contributed by atoms with Crippen LogP contribution in [0, 0.1) is 23.5 Å². The maximum Gasteiger partial charge on any atom is 0.332 e. The van der Waals surface area contributed by atoms with Gasteiger partial charge in [0.2, 0.25) is 0 Å². The number of benzene rings is 1. The van der Waals surface area contributed by atoms with Crippen LogP contribution in [0.4, 0.5) is 17.6 Å². The van der Waals surface area contributed by atoms with Gasteiger partial charge in [-0.3, -0.25) is 0 Å². The first-order chi connectivity index (χ1) is 10.4. The molecule has 2 aliphatic carbocycles. The Morgan fingerprint density at radius 1 is 0.864 bits per heavy atom. The predicted octanol–water partition coefficient (Wildman–Crippen LogP) is 6.48. The highest BCUT2D eigenvalue weighted by atomic mass is 79.9. The summed E-state index contributed by atoms with van der Waals surface area (Å²) >= 11 is 2.03. The lowest BCUT2D eigenvalue weighted by molar-refractivity contribution is 0.104. The van der Waals surface area contributed by atoms with Crippen LogP contribution in [0.3, 0.4) is 0 Å². The second-order valence-corrected chi connectivity index (χ2v) is 7.66. The lowest BCUT2D eigenvalue weighted by Gasteiger charge is -2.38. The summed E-state index contributed by atoms with van der Waals surface area (Å²) in [7, 11) is 0. The number of hydrogen-bond acceptors (Lipinski definition) is 0. The molecular weight excluding hydrogens is 360 g/mol. The molecule has 1 aromatic rings. The third kappa shape index (κ3) is 3.19. The summed E-state index contributed by atoms with van der Waals surface area (Å²) in [6, 6.07) is 2.17. The van der Waals surface area contributed by atoms with Crippen molar-refractivity contribution in [3.63, 3.8) is 0 Å². The topological polar surface area (TPSA) is 0 Å². The van der Waals surface area contributed by atoms with E-state index >= 15 is 0 Å². The molecule has 2 fully saturated rings. The highest BCUT2D eigenvalue weighted by Crippen LogP contribution is 2.46. The predicted molar refractivity (Wildman–Crippen MR) is 81.2 cm³/mol. The van der Waals surface area contributed by atoms with Gasteiger partial charge < -0.3 is 0 Å². The van der Waals surface area contributed by atoms with Crippen LogP contribution >= 0.6 is 15.9 Å². The lowest BCUT2D eigenvalue weighted by Crippen LogP contribution is -2.26. The van der Waals surface area contributed by atoms with Crippen LogP contribution in [0.1, 0.15) is 62.0 Å². The Labute approximate surface area is 136 Å². The standard InChI is InChI=1S/C17H19BrF4/c18-17(21,22)16-14(19)8-13(9-15(16)20)12-6-4-11(5-7-12)10-2-1-3-10/h8-12H,1-7H2. The third-order valence-corrected chi connectivity index (χ3v) is 5.80. The highest BCUT2D eigenvalue weighted by molar-refractivity contribution is 9.09. The molecule has 0 saturated heterocycles. The molecule has 0 unspecified atom stereocenters. The van der Waals surface area contributed by atoms with Gasteiger partial charge >= 0.3 is 4.83 Å². The fourth-order valence-corrected chi connectivity index (χ4v) is 4.31. The minimum Gasteiger partial charge on any atom is -0.206 e. The summed E-state index contributed by atoms with van der Waals surface area (Å²) in [5.41, 5.74) is -0.679. The molecule has 2 aliphatic rings. The zero-order chi connectivity index (χ0) is 15.9. The number of alkyl halides is 3. The van der Waals surface area contributed by atoms with Gasteiger partial charge in [0.1, 0.15) is 17.2 Å². The van der Waals surface area contributed by atoms with E-state index in [0.29, 0.717) is 5.56 Å². The second kappa shape index (κ2) is 6.14. The lowest BCUT2D eigenvalue weighted by atomic mass is 9.67. The molecular formula is C17H19BrF4. The minimum atomic E-state index is -3.68. The molecule has 0 amide bonds. The van der Waals surface area contributed by atoms with Crippen molar-refractivity contribution in [2.24, 2.45) is 11.8 Å². The Hall–Kier alpha value is -0.580. The summed E-state index contributed by atoms with van der Waals surface area (Å²) in [5, 5.41) is 0. The van der Waals surface area contributed by atoms with E-state index in [9.17, 15) is 17.6 Å². The van der Waals surface area contributed by atoms with E-state index in [-0.39, 0.29) is 5.92 Å². The molecule has 3 rings (SSSR count). The number of hydrogen-bond donors (Lipinski definition) is 0. The van der Waals surface area contributed by atoms with Crippen LogP contribution in [0.25, 0.3) is 0 Å². The number of rotatable bonds is 3. The smallest absolute Gasteiger partial charge is 0.206 e. The first kappa shape index (κ1) is 16.3. The highest BCUT2D eigenvalue weighted by Gasteiger charge is 2.36. The zero-order valence-electron chi connectivity index (χ0n) is 12.2.